The molecule has 3 nitrogen and oxygen atoms in total. The minimum Gasteiger partial charge on any atom is -0.397 e. The smallest absolute Gasteiger partial charge is 0.263 e. The molecule has 0 radical (unpaired) electrons. The number of carbonyl (C=O) groups is 1. The van der Waals surface area contributed by atoms with E-state index < -0.39 is 0 Å². The molecule has 1 unspecified atom stereocenters. The fourth-order valence-electron chi connectivity index (χ4n) is 2.58. The lowest BCUT2D eigenvalue weighted by atomic mass is 10.1. The topological polar surface area (TPSA) is 55.1 Å². The molecular formula is C15H17FN2OS2. The summed E-state index contributed by atoms with van der Waals surface area (Å²) in [4.78, 5) is 12.8. The number of thiophene rings is 1. The molecule has 2 aromatic rings. The third kappa shape index (κ3) is 2.87. The maximum atomic E-state index is 13.3. The van der Waals surface area contributed by atoms with Gasteiger partial charge in [-0.1, -0.05) is 0 Å². The summed E-state index contributed by atoms with van der Waals surface area (Å²) in [6.45, 7) is 2.81. The summed E-state index contributed by atoms with van der Waals surface area (Å²) in [5.74, 6) is 0.646. The van der Waals surface area contributed by atoms with E-state index in [1.165, 1.54) is 29.9 Å². The molecule has 1 amide bonds. The first kappa shape index (κ1) is 14.7. The number of amides is 1. The van der Waals surface area contributed by atoms with Crippen LogP contribution in [-0.4, -0.2) is 23.0 Å². The highest BCUT2D eigenvalue weighted by Crippen LogP contribution is 2.38. The van der Waals surface area contributed by atoms with Crippen LogP contribution in [0.4, 0.5) is 10.1 Å². The molecule has 1 fully saturated rings. The Morgan fingerprint density at radius 2 is 2.33 bits per heavy atom. The molecule has 1 aromatic heterocycles. The summed E-state index contributed by atoms with van der Waals surface area (Å²) < 4.78 is 14.2. The second-order valence-electron chi connectivity index (χ2n) is 5.57. The summed E-state index contributed by atoms with van der Waals surface area (Å²) in [5.41, 5.74) is 6.37. The molecule has 21 heavy (non-hydrogen) atoms. The van der Waals surface area contributed by atoms with Crippen molar-refractivity contribution in [2.24, 2.45) is 0 Å². The van der Waals surface area contributed by atoms with Gasteiger partial charge in [0.1, 0.15) is 10.7 Å². The van der Waals surface area contributed by atoms with Crippen molar-refractivity contribution in [3.63, 3.8) is 0 Å². The number of carbonyl (C=O) groups excluding carboxylic acids is 1. The highest BCUT2D eigenvalue weighted by molar-refractivity contribution is 8.00. The van der Waals surface area contributed by atoms with E-state index in [1.807, 2.05) is 11.8 Å². The average Bonchev–Trinajstić information content (AvgIpc) is 3.02. The predicted molar refractivity (Wildman–Crippen MR) is 88.6 cm³/mol. The number of fused-ring (bicyclic) bond motifs is 1. The van der Waals surface area contributed by atoms with Crippen molar-refractivity contribution in [1.29, 1.82) is 0 Å². The van der Waals surface area contributed by atoms with Gasteiger partial charge in [0.2, 0.25) is 0 Å². The number of hydrogen-bond acceptors (Lipinski definition) is 4. The monoisotopic (exact) mass is 324 g/mol. The second kappa shape index (κ2) is 5.50. The van der Waals surface area contributed by atoms with Crippen LogP contribution in [-0.2, 0) is 0 Å². The molecule has 1 atom stereocenters. The predicted octanol–water partition coefficient (Wildman–Crippen LogP) is 3.64. The van der Waals surface area contributed by atoms with Crippen LogP contribution >= 0.6 is 23.1 Å². The molecule has 2 heterocycles. The van der Waals surface area contributed by atoms with Crippen LogP contribution in [0, 0.1) is 5.82 Å². The molecule has 3 rings (SSSR count). The van der Waals surface area contributed by atoms with Gasteiger partial charge in [0.05, 0.1) is 5.69 Å². The lowest BCUT2D eigenvalue weighted by Gasteiger charge is -2.22. The van der Waals surface area contributed by atoms with Crippen molar-refractivity contribution in [3.8, 4) is 0 Å². The molecular weight excluding hydrogens is 307 g/mol. The number of anilines is 1. The molecule has 3 N–H and O–H groups in total. The zero-order valence-corrected chi connectivity index (χ0v) is 13.4. The number of nitrogens with two attached hydrogens (primary N) is 1. The van der Waals surface area contributed by atoms with E-state index in [1.54, 1.807) is 6.07 Å². The van der Waals surface area contributed by atoms with Crippen molar-refractivity contribution in [2.75, 3.05) is 18.0 Å². The van der Waals surface area contributed by atoms with Crippen LogP contribution in [0.1, 0.15) is 29.4 Å². The third-order valence-electron chi connectivity index (χ3n) is 3.82. The van der Waals surface area contributed by atoms with Gasteiger partial charge in [-0.05, 0) is 43.7 Å². The highest BCUT2D eigenvalue weighted by Gasteiger charge is 2.30. The second-order valence-corrected chi connectivity index (χ2v) is 8.30. The normalized spacial score (nSPS) is 21.8. The molecule has 1 aromatic carbocycles. The first-order chi connectivity index (χ1) is 9.98. The fraction of sp³-hybridized carbons (Fsp3) is 0.400. The van der Waals surface area contributed by atoms with E-state index >= 15 is 0 Å². The standard InChI is InChI=1S/C15H17FN2OS2/c1-15(5-2-6-20-15)8-18-14(19)13-12(17)10-7-9(16)3-4-11(10)21-13/h3-4,7H,2,5-6,8,17H2,1H3,(H,18,19). The van der Waals surface area contributed by atoms with E-state index in [-0.39, 0.29) is 16.5 Å². The van der Waals surface area contributed by atoms with Crippen molar-refractivity contribution in [1.82, 2.24) is 5.32 Å². The molecule has 112 valence electrons. The summed E-state index contributed by atoms with van der Waals surface area (Å²) in [6.07, 6.45) is 2.31. The zero-order chi connectivity index (χ0) is 15.0. The van der Waals surface area contributed by atoms with Gasteiger partial charge in [0.15, 0.2) is 0 Å². The van der Waals surface area contributed by atoms with Crippen molar-refractivity contribution >= 4 is 44.8 Å². The SMILES string of the molecule is CC1(CNC(=O)c2sc3ccc(F)cc3c2N)CCCS1. The van der Waals surface area contributed by atoms with Gasteiger partial charge >= 0.3 is 0 Å². The van der Waals surface area contributed by atoms with E-state index in [0.717, 1.165) is 16.9 Å². The quantitative estimate of drug-likeness (QED) is 0.906. The first-order valence-corrected chi connectivity index (χ1v) is 8.68. The minimum absolute atomic E-state index is 0.118. The largest absolute Gasteiger partial charge is 0.397 e. The molecule has 1 saturated heterocycles. The molecule has 1 aliphatic heterocycles. The Labute approximate surface area is 131 Å². The zero-order valence-electron chi connectivity index (χ0n) is 11.7. The Bertz CT molecular complexity index is 692. The number of hydrogen-bond donors (Lipinski definition) is 2. The van der Waals surface area contributed by atoms with Gasteiger partial charge in [-0.3, -0.25) is 4.79 Å². The molecule has 0 spiro atoms. The van der Waals surface area contributed by atoms with Gasteiger partial charge < -0.3 is 11.1 Å². The lowest BCUT2D eigenvalue weighted by molar-refractivity contribution is 0.0955. The number of rotatable bonds is 3. The average molecular weight is 324 g/mol. The Hall–Kier alpha value is -1.27. The maximum Gasteiger partial charge on any atom is 0.263 e. The fourth-order valence-corrected chi connectivity index (χ4v) is 4.85. The van der Waals surface area contributed by atoms with Crippen molar-refractivity contribution in [3.05, 3.63) is 28.9 Å². The summed E-state index contributed by atoms with van der Waals surface area (Å²) in [5, 5.41) is 3.59. The van der Waals surface area contributed by atoms with Crippen LogP contribution < -0.4 is 11.1 Å². The van der Waals surface area contributed by atoms with Gasteiger partial charge in [-0.25, -0.2) is 4.39 Å². The summed E-state index contributed by atoms with van der Waals surface area (Å²) in [7, 11) is 0. The number of nitrogen functional groups attached to an aromatic ring is 1. The highest BCUT2D eigenvalue weighted by atomic mass is 32.2. The molecule has 0 aliphatic carbocycles. The van der Waals surface area contributed by atoms with Gasteiger partial charge in [0, 0.05) is 21.4 Å². The van der Waals surface area contributed by atoms with Crippen LogP contribution in [0.15, 0.2) is 18.2 Å². The van der Waals surface area contributed by atoms with Gasteiger partial charge in [-0.15, -0.1) is 11.3 Å². The summed E-state index contributed by atoms with van der Waals surface area (Å²) >= 11 is 3.21. The van der Waals surface area contributed by atoms with E-state index in [0.29, 0.717) is 22.5 Å². The number of benzene rings is 1. The van der Waals surface area contributed by atoms with Crippen LogP contribution in [0.5, 0.6) is 0 Å². The van der Waals surface area contributed by atoms with E-state index in [9.17, 15) is 9.18 Å². The lowest BCUT2D eigenvalue weighted by Crippen LogP contribution is -2.36. The maximum absolute atomic E-state index is 13.3. The molecule has 0 bridgehead atoms. The van der Waals surface area contributed by atoms with E-state index in [2.05, 4.69) is 12.2 Å². The molecule has 0 saturated carbocycles. The number of halogens is 1. The van der Waals surface area contributed by atoms with Gasteiger partial charge in [0.25, 0.3) is 5.91 Å². The summed E-state index contributed by atoms with van der Waals surface area (Å²) in [6, 6.07) is 4.43. The number of thioether (sulfide) groups is 1. The Morgan fingerprint density at radius 1 is 1.52 bits per heavy atom. The molecule has 6 heteroatoms. The van der Waals surface area contributed by atoms with Crippen LogP contribution in [0.25, 0.3) is 10.1 Å². The number of nitrogens with one attached hydrogen (secondary N) is 1. The Kier molecular flexibility index (Phi) is 3.84. The third-order valence-corrected chi connectivity index (χ3v) is 6.54. The van der Waals surface area contributed by atoms with Crippen LogP contribution in [0.3, 0.4) is 0 Å². The molecule has 1 aliphatic rings. The first-order valence-electron chi connectivity index (χ1n) is 6.88. The van der Waals surface area contributed by atoms with Gasteiger partial charge in [-0.2, -0.15) is 11.8 Å². The van der Waals surface area contributed by atoms with E-state index in [4.69, 9.17) is 5.73 Å². The van der Waals surface area contributed by atoms with Crippen molar-refractivity contribution < 1.29 is 9.18 Å². The Balaban J connectivity index is 1.80. The van der Waals surface area contributed by atoms with Crippen molar-refractivity contribution in [2.45, 2.75) is 24.5 Å². The van der Waals surface area contributed by atoms with Crippen LogP contribution in [0.2, 0.25) is 0 Å². The Morgan fingerprint density at radius 3 is 3.05 bits per heavy atom. The minimum atomic E-state index is -0.339.